The minimum Gasteiger partial charge on any atom is -0.346 e. The van der Waals surface area contributed by atoms with Crippen LogP contribution < -0.4 is 5.32 Å². The largest absolute Gasteiger partial charge is 0.346 e. The fraction of sp³-hybridized carbons (Fsp3) is 0. The lowest BCUT2D eigenvalue weighted by Gasteiger charge is -1.94. The van der Waals surface area contributed by atoms with Crippen molar-refractivity contribution >= 4 is 5.82 Å². The van der Waals surface area contributed by atoms with Gasteiger partial charge in [0.15, 0.2) is 11.5 Å². The van der Waals surface area contributed by atoms with Gasteiger partial charge in [-0.3, -0.25) is 0 Å². The average Bonchev–Trinajstić information content (AvgIpc) is 2.07. The monoisotopic (exact) mass is 146 g/mol. The molecule has 0 bridgehead atoms. The summed E-state index contributed by atoms with van der Waals surface area (Å²) >= 11 is 0. The molecule has 0 saturated carbocycles. The molecule has 0 fully saturated rings. The van der Waals surface area contributed by atoms with Gasteiger partial charge in [-0.15, -0.1) is 10.2 Å². The summed E-state index contributed by atoms with van der Waals surface area (Å²) in [6.45, 7) is 3.45. The fourth-order valence-electron chi connectivity index (χ4n) is 0.573. The summed E-state index contributed by atoms with van der Waals surface area (Å²) in [5.41, 5.74) is 0.305. The molecule has 1 aromatic rings. The van der Waals surface area contributed by atoms with Crippen LogP contribution >= 0.6 is 0 Å². The van der Waals surface area contributed by atoms with E-state index in [4.69, 9.17) is 5.26 Å². The van der Waals surface area contributed by atoms with Gasteiger partial charge in [0.1, 0.15) is 6.07 Å². The van der Waals surface area contributed by atoms with Gasteiger partial charge in [0.05, 0.1) is 0 Å². The molecule has 1 rings (SSSR count). The lowest BCUT2D eigenvalue weighted by atomic mass is 10.4. The van der Waals surface area contributed by atoms with Gasteiger partial charge < -0.3 is 5.32 Å². The predicted molar refractivity (Wildman–Crippen MR) is 40.6 cm³/mol. The maximum Gasteiger partial charge on any atom is 0.163 e. The molecule has 0 radical (unpaired) electrons. The van der Waals surface area contributed by atoms with E-state index in [1.54, 1.807) is 12.1 Å². The summed E-state index contributed by atoms with van der Waals surface area (Å²) in [5.74, 6) is 0.582. The van der Waals surface area contributed by atoms with Gasteiger partial charge in [-0.1, -0.05) is 6.58 Å². The van der Waals surface area contributed by atoms with Crippen molar-refractivity contribution in [2.24, 2.45) is 0 Å². The Bertz CT molecular complexity index is 282. The highest BCUT2D eigenvalue weighted by Gasteiger charge is 1.92. The molecular formula is C7H6N4. The first-order valence-electron chi connectivity index (χ1n) is 2.98. The van der Waals surface area contributed by atoms with Gasteiger partial charge >= 0.3 is 0 Å². The van der Waals surface area contributed by atoms with E-state index in [-0.39, 0.29) is 0 Å². The number of hydrogen-bond acceptors (Lipinski definition) is 4. The minimum atomic E-state index is 0.305. The molecule has 0 aliphatic rings. The second-order valence-electron chi connectivity index (χ2n) is 1.76. The van der Waals surface area contributed by atoms with Crippen molar-refractivity contribution < 1.29 is 0 Å². The Balaban J connectivity index is 2.84. The second-order valence-corrected chi connectivity index (χ2v) is 1.76. The third-order valence-corrected chi connectivity index (χ3v) is 1.03. The molecule has 0 aliphatic heterocycles. The summed E-state index contributed by atoms with van der Waals surface area (Å²) in [5, 5.41) is 18.4. The Hall–Kier alpha value is -1.89. The fourth-order valence-corrected chi connectivity index (χ4v) is 0.573. The Labute approximate surface area is 64.2 Å². The predicted octanol–water partition coefficient (Wildman–Crippen LogP) is 0.904. The molecule has 0 amide bonds. The standard InChI is InChI=1S/C7H6N4/c1-2-9-7-4-3-6(5-8)10-11-7/h2-4H,1H2,(H,9,11). The summed E-state index contributed by atoms with van der Waals surface area (Å²) in [6, 6.07) is 5.11. The van der Waals surface area contributed by atoms with Gasteiger partial charge in [-0.25, -0.2) is 0 Å². The molecule has 4 heteroatoms. The molecule has 1 aromatic heterocycles. The number of aromatic nitrogens is 2. The highest BCUT2D eigenvalue weighted by molar-refractivity contribution is 5.37. The van der Waals surface area contributed by atoms with Crippen molar-refractivity contribution in [2.45, 2.75) is 0 Å². The molecule has 0 unspecified atom stereocenters. The van der Waals surface area contributed by atoms with E-state index in [2.05, 4.69) is 22.1 Å². The van der Waals surface area contributed by atoms with E-state index in [0.29, 0.717) is 11.5 Å². The molecule has 0 spiro atoms. The number of hydrogen-bond donors (Lipinski definition) is 1. The van der Waals surface area contributed by atoms with E-state index in [1.807, 2.05) is 6.07 Å². The average molecular weight is 146 g/mol. The number of anilines is 1. The first kappa shape index (κ1) is 7.22. The van der Waals surface area contributed by atoms with E-state index in [1.165, 1.54) is 6.20 Å². The zero-order valence-electron chi connectivity index (χ0n) is 5.78. The molecule has 0 atom stereocenters. The van der Waals surface area contributed by atoms with Gasteiger partial charge in [0, 0.05) is 0 Å². The highest BCUT2D eigenvalue weighted by atomic mass is 15.2. The molecule has 4 nitrogen and oxygen atoms in total. The van der Waals surface area contributed by atoms with Gasteiger partial charge in [0.2, 0.25) is 0 Å². The van der Waals surface area contributed by atoms with Crippen LogP contribution in [0.3, 0.4) is 0 Å². The summed E-state index contributed by atoms with van der Waals surface area (Å²) < 4.78 is 0. The van der Waals surface area contributed by atoms with Crippen LogP contribution in [0.15, 0.2) is 24.9 Å². The smallest absolute Gasteiger partial charge is 0.163 e. The van der Waals surface area contributed by atoms with Crippen molar-refractivity contribution in [1.29, 1.82) is 5.26 Å². The van der Waals surface area contributed by atoms with Crippen LogP contribution in [-0.2, 0) is 0 Å². The maximum atomic E-state index is 8.37. The number of nitrogens with one attached hydrogen (secondary N) is 1. The van der Waals surface area contributed by atoms with E-state index < -0.39 is 0 Å². The quantitative estimate of drug-likeness (QED) is 0.673. The molecule has 0 aliphatic carbocycles. The van der Waals surface area contributed by atoms with Gasteiger partial charge in [-0.2, -0.15) is 5.26 Å². The van der Waals surface area contributed by atoms with Crippen LogP contribution in [0.4, 0.5) is 5.82 Å². The van der Waals surface area contributed by atoms with E-state index in [9.17, 15) is 0 Å². The van der Waals surface area contributed by atoms with Crippen LogP contribution in [0.5, 0.6) is 0 Å². The van der Waals surface area contributed by atoms with Crippen molar-refractivity contribution in [3.63, 3.8) is 0 Å². The first-order chi connectivity index (χ1) is 5.36. The lowest BCUT2D eigenvalue weighted by Crippen LogP contribution is -1.93. The molecular weight excluding hydrogens is 140 g/mol. The summed E-state index contributed by atoms with van der Waals surface area (Å²) in [6.07, 6.45) is 1.50. The Kier molecular flexibility index (Phi) is 2.18. The Morgan fingerprint density at radius 1 is 1.55 bits per heavy atom. The number of nitrogens with zero attached hydrogens (tertiary/aromatic N) is 3. The Morgan fingerprint density at radius 3 is 2.82 bits per heavy atom. The van der Waals surface area contributed by atoms with Gasteiger partial charge in [0.25, 0.3) is 0 Å². The minimum absolute atomic E-state index is 0.305. The summed E-state index contributed by atoms with van der Waals surface area (Å²) in [7, 11) is 0. The summed E-state index contributed by atoms with van der Waals surface area (Å²) in [4.78, 5) is 0. The molecule has 11 heavy (non-hydrogen) atoms. The zero-order valence-corrected chi connectivity index (χ0v) is 5.78. The highest BCUT2D eigenvalue weighted by Crippen LogP contribution is 1.99. The van der Waals surface area contributed by atoms with Crippen molar-refractivity contribution in [2.75, 3.05) is 5.32 Å². The molecule has 0 saturated heterocycles. The van der Waals surface area contributed by atoms with Crippen molar-refractivity contribution in [3.05, 3.63) is 30.6 Å². The lowest BCUT2D eigenvalue weighted by molar-refractivity contribution is 1.01. The van der Waals surface area contributed by atoms with Crippen LogP contribution in [0.1, 0.15) is 5.69 Å². The van der Waals surface area contributed by atoms with Crippen LogP contribution in [0.25, 0.3) is 0 Å². The number of nitriles is 1. The van der Waals surface area contributed by atoms with Crippen LogP contribution in [-0.4, -0.2) is 10.2 Å². The molecule has 54 valence electrons. The molecule has 1 N–H and O–H groups in total. The van der Waals surface area contributed by atoms with Gasteiger partial charge in [-0.05, 0) is 18.3 Å². The maximum absolute atomic E-state index is 8.37. The second kappa shape index (κ2) is 3.32. The van der Waals surface area contributed by atoms with Crippen molar-refractivity contribution in [1.82, 2.24) is 10.2 Å². The normalized spacial score (nSPS) is 8.27. The first-order valence-corrected chi connectivity index (χ1v) is 2.98. The third-order valence-electron chi connectivity index (χ3n) is 1.03. The molecule has 0 aromatic carbocycles. The Morgan fingerprint density at radius 2 is 2.36 bits per heavy atom. The topological polar surface area (TPSA) is 61.6 Å². The van der Waals surface area contributed by atoms with Crippen LogP contribution in [0.2, 0.25) is 0 Å². The van der Waals surface area contributed by atoms with Crippen molar-refractivity contribution in [3.8, 4) is 6.07 Å². The third kappa shape index (κ3) is 1.76. The number of rotatable bonds is 2. The van der Waals surface area contributed by atoms with E-state index in [0.717, 1.165) is 0 Å². The molecule has 1 heterocycles. The SMILES string of the molecule is C=CNc1ccc(C#N)nn1. The van der Waals surface area contributed by atoms with E-state index >= 15 is 0 Å². The zero-order chi connectivity index (χ0) is 8.10. The van der Waals surface area contributed by atoms with Crippen LogP contribution in [0, 0.1) is 11.3 Å².